The van der Waals surface area contributed by atoms with Gasteiger partial charge in [0.1, 0.15) is 6.10 Å². The van der Waals surface area contributed by atoms with Crippen LogP contribution in [0.4, 0.5) is 0 Å². The van der Waals surface area contributed by atoms with Gasteiger partial charge < -0.3 is 5.11 Å². The molecule has 0 amide bonds. The average molecular weight is 332 g/mol. The zero-order chi connectivity index (χ0) is 16.3. The van der Waals surface area contributed by atoms with Crippen molar-refractivity contribution in [2.24, 2.45) is 0 Å². The fourth-order valence-electron chi connectivity index (χ4n) is 2.87. The zero-order valence-electron chi connectivity index (χ0n) is 12.8. The first-order chi connectivity index (χ1) is 11.1. The van der Waals surface area contributed by atoms with E-state index >= 15 is 0 Å². The molecular weight excluding hydrogens is 312 g/mol. The maximum atomic E-state index is 12.9. The highest BCUT2D eigenvalue weighted by Gasteiger charge is 2.31. The molecule has 1 N–H and O–H groups in total. The molecule has 1 fully saturated rings. The maximum absolute atomic E-state index is 12.9. The minimum absolute atomic E-state index is 0.0433. The summed E-state index contributed by atoms with van der Waals surface area (Å²) in [7, 11) is -3.68. The first-order valence-corrected chi connectivity index (χ1v) is 9.23. The summed E-state index contributed by atoms with van der Waals surface area (Å²) in [5.41, 5.74) is 0.972. The molecule has 1 aliphatic heterocycles. The molecule has 5 nitrogen and oxygen atoms in total. The molecule has 2 aromatic rings. The Balaban J connectivity index is 2.01. The third-order valence-electron chi connectivity index (χ3n) is 4.11. The number of aromatic nitrogens is 1. The van der Waals surface area contributed by atoms with E-state index in [0.29, 0.717) is 24.2 Å². The monoisotopic (exact) mass is 332 g/mol. The number of aliphatic hydroxyl groups excluding tert-OH is 1. The number of benzene rings is 1. The Hall–Kier alpha value is -1.76. The summed E-state index contributed by atoms with van der Waals surface area (Å²) in [5.74, 6) is 0. The minimum atomic E-state index is -3.68. The Morgan fingerprint density at radius 2 is 1.70 bits per heavy atom. The van der Waals surface area contributed by atoms with Gasteiger partial charge >= 0.3 is 0 Å². The average Bonchev–Trinajstić information content (AvgIpc) is 2.62. The second-order valence-corrected chi connectivity index (χ2v) is 7.53. The van der Waals surface area contributed by atoms with Gasteiger partial charge in [-0.25, -0.2) is 13.4 Å². The maximum Gasteiger partial charge on any atom is 0.260 e. The molecule has 6 heteroatoms. The molecule has 0 aliphatic carbocycles. The smallest absolute Gasteiger partial charge is 0.260 e. The fraction of sp³-hybridized carbons (Fsp3) is 0.353. The summed E-state index contributed by atoms with van der Waals surface area (Å²) in [6.45, 7) is 1.03. The van der Waals surface area contributed by atoms with Gasteiger partial charge in [-0.15, -0.1) is 0 Å². The van der Waals surface area contributed by atoms with Gasteiger partial charge in [-0.3, -0.25) is 0 Å². The van der Waals surface area contributed by atoms with E-state index < -0.39 is 16.1 Å². The molecule has 1 atom stereocenters. The number of hydrogen-bond donors (Lipinski definition) is 1. The van der Waals surface area contributed by atoms with Crippen molar-refractivity contribution in [3.63, 3.8) is 0 Å². The van der Waals surface area contributed by atoms with Crippen molar-refractivity contribution in [2.45, 2.75) is 30.4 Å². The number of aliphatic hydroxyl groups is 1. The van der Waals surface area contributed by atoms with E-state index in [9.17, 15) is 13.5 Å². The largest absolute Gasteiger partial charge is 0.384 e. The Morgan fingerprint density at radius 1 is 1.00 bits per heavy atom. The lowest BCUT2D eigenvalue weighted by Crippen LogP contribution is -2.36. The lowest BCUT2D eigenvalue weighted by Gasteiger charge is -2.26. The van der Waals surface area contributed by atoms with Crippen LogP contribution < -0.4 is 0 Å². The van der Waals surface area contributed by atoms with Crippen LogP contribution in [0.25, 0.3) is 0 Å². The summed E-state index contributed by atoms with van der Waals surface area (Å²) >= 11 is 0. The third-order valence-corrected chi connectivity index (χ3v) is 5.98. The summed E-state index contributed by atoms with van der Waals surface area (Å²) in [6, 6.07) is 12.3. The van der Waals surface area contributed by atoms with Crippen molar-refractivity contribution >= 4 is 10.0 Å². The van der Waals surface area contributed by atoms with Crippen molar-refractivity contribution in [3.8, 4) is 0 Å². The normalized spacial score (nSPS) is 17.8. The van der Waals surface area contributed by atoms with Crippen LogP contribution in [0.5, 0.6) is 0 Å². The van der Waals surface area contributed by atoms with E-state index in [-0.39, 0.29) is 5.03 Å². The summed E-state index contributed by atoms with van der Waals surface area (Å²) in [4.78, 5) is 4.08. The van der Waals surface area contributed by atoms with Crippen molar-refractivity contribution in [3.05, 3.63) is 59.8 Å². The van der Waals surface area contributed by atoms with Gasteiger partial charge in [-0.05, 0) is 24.5 Å². The SMILES string of the molecule is O=S(=O)(c1ncccc1C(O)c1ccccc1)N1CCCCC1. The minimum Gasteiger partial charge on any atom is -0.384 e. The molecule has 1 aromatic carbocycles. The molecule has 23 heavy (non-hydrogen) atoms. The quantitative estimate of drug-likeness (QED) is 0.933. The van der Waals surface area contributed by atoms with Crippen LogP contribution in [0, 0.1) is 0 Å². The Bertz CT molecular complexity index is 756. The van der Waals surface area contributed by atoms with Gasteiger partial charge in [0.05, 0.1) is 0 Å². The molecule has 1 aromatic heterocycles. The molecule has 0 radical (unpaired) electrons. The van der Waals surface area contributed by atoms with E-state index in [1.54, 1.807) is 24.3 Å². The van der Waals surface area contributed by atoms with Crippen LogP contribution in [0.15, 0.2) is 53.7 Å². The van der Waals surface area contributed by atoms with E-state index in [0.717, 1.165) is 19.3 Å². The number of hydrogen-bond acceptors (Lipinski definition) is 4. The highest BCUT2D eigenvalue weighted by atomic mass is 32.2. The molecule has 2 heterocycles. The van der Waals surface area contributed by atoms with Crippen LogP contribution >= 0.6 is 0 Å². The molecular formula is C17H20N2O3S. The van der Waals surface area contributed by atoms with Gasteiger partial charge in [-0.2, -0.15) is 4.31 Å². The predicted octanol–water partition coefficient (Wildman–Crippen LogP) is 2.34. The lowest BCUT2D eigenvalue weighted by atomic mass is 10.0. The van der Waals surface area contributed by atoms with E-state index in [2.05, 4.69) is 4.98 Å². The molecule has 3 rings (SSSR count). The van der Waals surface area contributed by atoms with Crippen molar-refractivity contribution < 1.29 is 13.5 Å². The summed E-state index contributed by atoms with van der Waals surface area (Å²) in [5, 5.41) is 10.6. The number of rotatable bonds is 4. The first kappa shape index (κ1) is 16.1. The van der Waals surface area contributed by atoms with Crippen molar-refractivity contribution in [1.82, 2.24) is 9.29 Å². The predicted molar refractivity (Wildman–Crippen MR) is 87.4 cm³/mol. The van der Waals surface area contributed by atoms with Gasteiger partial charge in [0.2, 0.25) is 0 Å². The fourth-order valence-corrected chi connectivity index (χ4v) is 4.52. The van der Waals surface area contributed by atoms with E-state index in [1.165, 1.54) is 10.5 Å². The molecule has 0 bridgehead atoms. The molecule has 1 unspecified atom stereocenters. The standard InChI is InChI=1S/C17H20N2O3S/c20-16(14-8-3-1-4-9-14)15-10-7-11-18-17(15)23(21,22)19-12-5-2-6-13-19/h1,3-4,7-11,16,20H,2,5-6,12-13H2. The third kappa shape index (κ3) is 3.29. The van der Waals surface area contributed by atoms with Gasteiger partial charge in [0.25, 0.3) is 10.0 Å². The molecule has 0 saturated carbocycles. The van der Waals surface area contributed by atoms with Gasteiger partial charge in [0.15, 0.2) is 5.03 Å². The Labute approximate surface area is 136 Å². The van der Waals surface area contributed by atoms with E-state index in [1.807, 2.05) is 18.2 Å². The highest BCUT2D eigenvalue weighted by Crippen LogP contribution is 2.29. The highest BCUT2D eigenvalue weighted by molar-refractivity contribution is 7.89. The molecule has 1 saturated heterocycles. The number of sulfonamides is 1. The second kappa shape index (κ2) is 6.78. The lowest BCUT2D eigenvalue weighted by molar-refractivity contribution is 0.215. The second-order valence-electron chi connectivity index (χ2n) is 5.68. The van der Waals surface area contributed by atoms with Crippen LogP contribution in [-0.4, -0.2) is 35.9 Å². The number of pyridine rings is 1. The summed E-state index contributed by atoms with van der Waals surface area (Å²) in [6.07, 6.45) is 3.22. The van der Waals surface area contributed by atoms with E-state index in [4.69, 9.17) is 0 Å². The van der Waals surface area contributed by atoms with Gasteiger partial charge in [-0.1, -0.05) is 42.8 Å². The topological polar surface area (TPSA) is 70.5 Å². The van der Waals surface area contributed by atoms with Crippen molar-refractivity contribution in [2.75, 3.05) is 13.1 Å². The number of nitrogens with zero attached hydrogens (tertiary/aromatic N) is 2. The van der Waals surface area contributed by atoms with Crippen LogP contribution in [0.2, 0.25) is 0 Å². The Kier molecular flexibility index (Phi) is 4.75. The zero-order valence-corrected chi connectivity index (χ0v) is 13.6. The first-order valence-electron chi connectivity index (χ1n) is 7.79. The Morgan fingerprint density at radius 3 is 2.39 bits per heavy atom. The van der Waals surface area contributed by atoms with Crippen LogP contribution in [0.1, 0.15) is 36.5 Å². The molecule has 1 aliphatic rings. The molecule has 0 spiro atoms. The van der Waals surface area contributed by atoms with Crippen LogP contribution in [-0.2, 0) is 10.0 Å². The van der Waals surface area contributed by atoms with Crippen LogP contribution in [0.3, 0.4) is 0 Å². The number of piperidine rings is 1. The van der Waals surface area contributed by atoms with Gasteiger partial charge in [0, 0.05) is 24.8 Å². The molecule has 122 valence electrons. The van der Waals surface area contributed by atoms with Crippen molar-refractivity contribution in [1.29, 1.82) is 0 Å². The summed E-state index contributed by atoms with van der Waals surface area (Å²) < 4.78 is 27.3.